The van der Waals surface area contributed by atoms with Gasteiger partial charge in [-0.3, -0.25) is 4.79 Å². The third-order valence-corrected chi connectivity index (χ3v) is 7.42. The van der Waals surface area contributed by atoms with Gasteiger partial charge in [-0.1, -0.05) is 17.7 Å². The molecule has 1 amide bonds. The first kappa shape index (κ1) is 25.3. The lowest BCUT2D eigenvalue weighted by molar-refractivity contribution is 0.0386. The minimum Gasteiger partial charge on any atom is -0.392 e. The predicted octanol–water partition coefficient (Wildman–Crippen LogP) is 5.01. The number of nitrogens with one attached hydrogen (secondary N) is 1. The summed E-state index contributed by atoms with van der Waals surface area (Å²) in [4.78, 5) is 25.1. The first-order valence-corrected chi connectivity index (χ1v) is 12.8. The Morgan fingerprint density at radius 2 is 2.08 bits per heavy atom. The number of rotatable bonds is 8. The summed E-state index contributed by atoms with van der Waals surface area (Å²) < 4.78 is 21.3. The zero-order valence-electron chi connectivity index (χ0n) is 20.2. The van der Waals surface area contributed by atoms with Gasteiger partial charge in [0.15, 0.2) is 5.13 Å². The number of methoxy groups -OCH3 is 1. The second-order valence-corrected chi connectivity index (χ2v) is 10.5. The molecule has 0 aliphatic carbocycles. The van der Waals surface area contributed by atoms with Crippen LogP contribution in [0.5, 0.6) is 0 Å². The maximum atomic E-state index is 14.0. The summed E-state index contributed by atoms with van der Waals surface area (Å²) in [5.41, 5.74) is 3.12. The van der Waals surface area contributed by atoms with E-state index in [9.17, 15) is 14.3 Å². The fraction of sp³-hybridized carbons (Fsp3) is 0.269. The van der Waals surface area contributed by atoms with Crippen LogP contribution in [0.3, 0.4) is 0 Å². The zero-order chi connectivity index (χ0) is 26.1. The smallest absolute Gasteiger partial charge is 0.271 e. The normalized spacial score (nSPS) is 15.2. The number of thiazole rings is 1. The maximum Gasteiger partial charge on any atom is 0.271 e. The minimum atomic E-state index is -0.421. The van der Waals surface area contributed by atoms with E-state index in [1.54, 1.807) is 30.5 Å². The Morgan fingerprint density at radius 3 is 2.81 bits per heavy atom. The van der Waals surface area contributed by atoms with Gasteiger partial charge in [0.05, 0.1) is 24.3 Å². The highest BCUT2D eigenvalue weighted by atomic mass is 35.5. The van der Waals surface area contributed by atoms with Crippen molar-refractivity contribution in [1.29, 1.82) is 0 Å². The summed E-state index contributed by atoms with van der Waals surface area (Å²) in [7, 11) is 1.58. The number of aliphatic hydroxyl groups is 1. The Kier molecular flexibility index (Phi) is 7.25. The Morgan fingerprint density at radius 1 is 1.24 bits per heavy atom. The number of aliphatic hydroxyl groups excluding tert-OH is 1. The van der Waals surface area contributed by atoms with Gasteiger partial charge in [-0.15, -0.1) is 11.3 Å². The first-order valence-electron chi connectivity index (χ1n) is 11.6. The van der Waals surface area contributed by atoms with E-state index in [-0.39, 0.29) is 25.1 Å². The van der Waals surface area contributed by atoms with E-state index in [4.69, 9.17) is 16.3 Å². The molecule has 0 radical (unpaired) electrons. The van der Waals surface area contributed by atoms with Crippen LogP contribution in [-0.4, -0.2) is 50.2 Å². The van der Waals surface area contributed by atoms with Crippen molar-refractivity contribution in [2.24, 2.45) is 0 Å². The standard InChI is InChI=1S/C26H25ClFN5O3S/c1-15-8-30-26(37-15)31-24-7-21(22(27)9-29-24)18-6-23-25(35)33(20(14-36-2)12-32(23)10-18)11-17-5-19(28)4-3-16(17)13-34/h3-10,20,34H,11-14H2,1-2H3,(H,29,30,31). The molecule has 11 heteroatoms. The summed E-state index contributed by atoms with van der Waals surface area (Å²) >= 11 is 8.03. The van der Waals surface area contributed by atoms with Crippen molar-refractivity contribution >= 4 is 39.8 Å². The van der Waals surface area contributed by atoms with Crippen LogP contribution in [0.2, 0.25) is 5.02 Å². The van der Waals surface area contributed by atoms with Crippen molar-refractivity contribution in [3.05, 3.63) is 81.5 Å². The number of pyridine rings is 1. The Balaban J connectivity index is 1.47. The van der Waals surface area contributed by atoms with Crippen LogP contribution in [0.4, 0.5) is 15.3 Å². The van der Waals surface area contributed by atoms with Gasteiger partial charge in [-0.2, -0.15) is 0 Å². The highest BCUT2D eigenvalue weighted by molar-refractivity contribution is 7.15. The third-order valence-electron chi connectivity index (χ3n) is 6.29. The van der Waals surface area contributed by atoms with Crippen LogP contribution in [-0.2, 0) is 24.4 Å². The third kappa shape index (κ3) is 5.24. The van der Waals surface area contributed by atoms with Gasteiger partial charge in [0.1, 0.15) is 17.3 Å². The second-order valence-electron chi connectivity index (χ2n) is 8.83. The van der Waals surface area contributed by atoms with Crippen LogP contribution in [0, 0.1) is 12.7 Å². The van der Waals surface area contributed by atoms with E-state index in [0.717, 1.165) is 21.1 Å². The average molecular weight is 542 g/mol. The van der Waals surface area contributed by atoms with Crippen LogP contribution < -0.4 is 5.32 Å². The molecule has 1 unspecified atom stereocenters. The molecule has 0 bridgehead atoms. The Labute approximate surface area is 222 Å². The number of carbonyl (C=O) groups excluding carboxylic acids is 1. The van der Waals surface area contributed by atoms with Crippen LogP contribution in [0.15, 0.2) is 48.9 Å². The van der Waals surface area contributed by atoms with E-state index >= 15 is 0 Å². The molecule has 4 aromatic rings. The molecule has 37 heavy (non-hydrogen) atoms. The van der Waals surface area contributed by atoms with E-state index in [1.165, 1.54) is 29.5 Å². The van der Waals surface area contributed by atoms with Gasteiger partial charge in [0.25, 0.3) is 5.91 Å². The van der Waals surface area contributed by atoms with E-state index in [1.807, 2.05) is 23.8 Å². The van der Waals surface area contributed by atoms with E-state index in [2.05, 4.69) is 15.3 Å². The topological polar surface area (TPSA) is 92.5 Å². The Hall–Kier alpha value is -3.31. The molecule has 3 aromatic heterocycles. The maximum absolute atomic E-state index is 14.0. The molecule has 5 rings (SSSR count). The molecule has 192 valence electrons. The molecule has 0 saturated carbocycles. The number of amides is 1. The first-order chi connectivity index (χ1) is 17.9. The highest BCUT2D eigenvalue weighted by Crippen LogP contribution is 2.34. The summed E-state index contributed by atoms with van der Waals surface area (Å²) in [6.45, 7) is 2.68. The monoisotopic (exact) mass is 541 g/mol. The quantitative estimate of drug-likeness (QED) is 0.325. The fourth-order valence-electron chi connectivity index (χ4n) is 4.49. The van der Waals surface area contributed by atoms with Crippen molar-refractivity contribution in [2.75, 3.05) is 19.0 Å². The number of aromatic nitrogens is 3. The van der Waals surface area contributed by atoms with Crippen LogP contribution in [0.25, 0.3) is 11.1 Å². The number of hydrogen-bond donors (Lipinski definition) is 2. The van der Waals surface area contributed by atoms with Crippen molar-refractivity contribution in [1.82, 2.24) is 19.4 Å². The number of nitrogens with zero attached hydrogens (tertiary/aromatic N) is 4. The number of hydrogen-bond acceptors (Lipinski definition) is 7. The number of benzene rings is 1. The SMILES string of the molecule is COCC1Cn2cc(-c3cc(Nc4ncc(C)s4)ncc3Cl)cc2C(=O)N1Cc1cc(F)ccc1CO. The summed E-state index contributed by atoms with van der Waals surface area (Å²) in [6.07, 6.45) is 5.25. The molecule has 1 aliphatic rings. The van der Waals surface area contributed by atoms with E-state index in [0.29, 0.717) is 40.8 Å². The molecule has 0 fully saturated rings. The van der Waals surface area contributed by atoms with Gasteiger partial charge in [-0.05, 0) is 42.3 Å². The minimum absolute atomic E-state index is 0.151. The van der Waals surface area contributed by atoms with Gasteiger partial charge < -0.3 is 24.6 Å². The number of carbonyl (C=O) groups is 1. The predicted molar refractivity (Wildman–Crippen MR) is 141 cm³/mol. The number of ether oxygens (including phenoxy) is 1. The Bertz CT molecular complexity index is 1460. The fourth-order valence-corrected chi connectivity index (χ4v) is 5.38. The molecule has 2 N–H and O–H groups in total. The number of anilines is 2. The second kappa shape index (κ2) is 10.6. The lowest BCUT2D eigenvalue weighted by Gasteiger charge is -2.36. The van der Waals surface area contributed by atoms with Crippen molar-refractivity contribution in [2.45, 2.75) is 32.7 Å². The number of fused-ring (bicyclic) bond motifs is 1. The molecular weight excluding hydrogens is 517 g/mol. The number of halogens is 2. The molecule has 0 saturated heterocycles. The van der Waals surface area contributed by atoms with Gasteiger partial charge >= 0.3 is 0 Å². The van der Waals surface area contributed by atoms with Crippen molar-refractivity contribution in [3.8, 4) is 11.1 Å². The number of aryl methyl sites for hydroxylation is 1. The molecule has 8 nitrogen and oxygen atoms in total. The van der Waals surface area contributed by atoms with E-state index < -0.39 is 5.82 Å². The van der Waals surface area contributed by atoms with Crippen LogP contribution in [0.1, 0.15) is 26.5 Å². The van der Waals surface area contributed by atoms with Crippen molar-refractivity contribution < 1.29 is 19.0 Å². The van der Waals surface area contributed by atoms with Gasteiger partial charge in [0.2, 0.25) is 0 Å². The molecule has 1 atom stereocenters. The molecule has 0 spiro atoms. The highest BCUT2D eigenvalue weighted by Gasteiger charge is 2.34. The van der Waals surface area contributed by atoms with Gasteiger partial charge in [-0.25, -0.2) is 14.4 Å². The average Bonchev–Trinajstić information content (AvgIpc) is 3.49. The lowest BCUT2D eigenvalue weighted by atomic mass is 10.0. The largest absolute Gasteiger partial charge is 0.392 e. The molecule has 1 aromatic carbocycles. The molecular formula is C26H25ClFN5O3S. The summed E-state index contributed by atoms with van der Waals surface area (Å²) in [6, 6.07) is 7.55. The molecule has 1 aliphatic heterocycles. The van der Waals surface area contributed by atoms with Gasteiger partial charge in [0, 0.05) is 54.8 Å². The zero-order valence-corrected chi connectivity index (χ0v) is 21.8. The summed E-state index contributed by atoms with van der Waals surface area (Å²) in [5.74, 6) is -0.0458. The van der Waals surface area contributed by atoms with Crippen molar-refractivity contribution in [3.63, 3.8) is 0 Å². The molecule has 4 heterocycles. The lowest BCUT2D eigenvalue weighted by Crippen LogP contribution is -2.49. The summed E-state index contributed by atoms with van der Waals surface area (Å²) in [5, 5.41) is 14.1. The van der Waals surface area contributed by atoms with Crippen LogP contribution >= 0.6 is 22.9 Å².